The lowest BCUT2D eigenvalue weighted by atomic mass is 10.1. The summed E-state index contributed by atoms with van der Waals surface area (Å²) in [7, 11) is 1.63. The number of pyridine rings is 1. The van der Waals surface area contributed by atoms with Crippen LogP contribution < -0.4 is 5.73 Å². The van der Waals surface area contributed by atoms with E-state index in [1.807, 2.05) is 30.3 Å². The van der Waals surface area contributed by atoms with E-state index in [0.717, 1.165) is 17.8 Å². The van der Waals surface area contributed by atoms with Crippen molar-refractivity contribution in [3.05, 3.63) is 63.8 Å². The second-order valence-electron chi connectivity index (χ2n) is 4.85. The fraction of sp³-hybridized carbons (Fsp3) is 0.200. The first-order valence-electron chi connectivity index (χ1n) is 6.68. The van der Waals surface area contributed by atoms with Crippen LogP contribution in [0.25, 0.3) is 0 Å². The molecule has 22 heavy (non-hydrogen) atoms. The first kappa shape index (κ1) is 15.4. The summed E-state index contributed by atoms with van der Waals surface area (Å²) in [4.78, 5) is 27.7. The van der Waals surface area contributed by atoms with E-state index in [2.05, 4.69) is 4.98 Å². The molecule has 0 radical (unpaired) electrons. The van der Waals surface area contributed by atoms with Gasteiger partial charge in [-0.05, 0) is 12.0 Å². The average molecular weight is 300 g/mol. The highest BCUT2D eigenvalue weighted by molar-refractivity contribution is 5.98. The highest BCUT2D eigenvalue weighted by Gasteiger charge is 2.19. The minimum absolute atomic E-state index is 0.0119. The van der Waals surface area contributed by atoms with E-state index in [9.17, 15) is 14.9 Å². The molecule has 7 nitrogen and oxygen atoms in total. The molecule has 0 unspecified atom stereocenters. The molecule has 0 saturated heterocycles. The van der Waals surface area contributed by atoms with Crippen LogP contribution in [0, 0.1) is 10.1 Å². The van der Waals surface area contributed by atoms with Crippen molar-refractivity contribution in [3.8, 4) is 0 Å². The number of amides is 1. The van der Waals surface area contributed by atoms with Crippen LogP contribution in [0.5, 0.6) is 0 Å². The van der Waals surface area contributed by atoms with E-state index in [4.69, 9.17) is 5.73 Å². The Morgan fingerprint density at radius 3 is 2.68 bits per heavy atom. The minimum Gasteiger partial charge on any atom is -0.383 e. The van der Waals surface area contributed by atoms with Gasteiger partial charge in [0.2, 0.25) is 0 Å². The number of nitrogens with zero attached hydrogens (tertiary/aromatic N) is 3. The zero-order chi connectivity index (χ0) is 16.1. The van der Waals surface area contributed by atoms with Gasteiger partial charge in [-0.2, -0.15) is 0 Å². The fourth-order valence-corrected chi connectivity index (χ4v) is 1.98. The molecular formula is C15H16N4O3. The van der Waals surface area contributed by atoms with Gasteiger partial charge < -0.3 is 10.6 Å². The van der Waals surface area contributed by atoms with Gasteiger partial charge in [-0.1, -0.05) is 30.3 Å². The predicted octanol–water partition coefficient (Wildman–Crippen LogP) is 1.89. The normalized spacial score (nSPS) is 10.2. The second kappa shape index (κ2) is 6.66. The van der Waals surface area contributed by atoms with Gasteiger partial charge in [0.05, 0.1) is 10.5 Å². The van der Waals surface area contributed by atoms with E-state index in [1.54, 1.807) is 7.05 Å². The molecule has 0 fully saturated rings. The number of nitrogen functional groups attached to an aromatic ring is 1. The van der Waals surface area contributed by atoms with Gasteiger partial charge in [-0.3, -0.25) is 14.9 Å². The molecular weight excluding hydrogens is 284 g/mol. The molecule has 1 amide bonds. The van der Waals surface area contributed by atoms with Crippen molar-refractivity contribution in [2.45, 2.75) is 6.42 Å². The molecule has 1 aromatic carbocycles. The third kappa shape index (κ3) is 3.57. The van der Waals surface area contributed by atoms with Gasteiger partial charge in [0.15, 0.2) is 0 Å². The minimum atomic E-state index is -0.604. The van der Waals surface area contributed by atoms with Crippen molar-refractivity contribution in [2.75, 3.05) is 19.3 Å². The summed E-state index contributed by atoms with van der Waals surface area (Å²) >= 11 is 0. The smallest absolute Gasteiger partial charge is 0.288 e. The molecule has 0 aliphatic carbocycles. The standard InChI is InChI=1S/C15H16N4O3/c1-18(8-7-11-5-3-2-4-6-11)15(20)13-9-12(19(21)22)10-17-14(13)16/h2-6,9-10H,7-8H2,1H3,(H2,16,17). The van der Waals surface area contributed by atoms with Crippen LogP contribution in [0.4, 0.5) is 11.5 Å². The summed E-state index contributed by atoms with van der Waals surface area (Å²) in [6, 6.07) is 10.9. The molecule has 1 heterocycles. The maximum atomic E-state index is 12.3. The van der Waals surface area contributed by atoms with Crippen molar-refractivity contribution in [1.29, 1.82) is 0 Å². The fourth-order valence-electron chi connectivity index (χ4n) is 1.98. The van der Waals surface area contributed by atoms with Crippen molar-refractivity contribution in [2.24, 2.45) is 0 Å². The number of carbonyl (C=O) groups excluding carboxylic acids is 1. The number of hydrogen-bond donors (Lipinski definition) is 1. The largest absolute Gasteiger partial charge is 0.383 e. The van der Waals surface area contributed by atoms with Crippen molar-refractivity contribution >= 4 is 17.4 Å². The van der Waals surface area contributed by atoms with Crippen molar-refractivity contribution < 1.29 is 9.72 Å². The van der Waals surface area contributed by atoms with Crippen molar-refractivity contribution in [1.82, 2.24) is 9.88 Å². The quantitative estimate of drug-likeness (QED) is 0.671. The van der Waals surface area contributed by atoms with Crippen LogP contribution in [0.1, 0.15) is 15.9 Å². The summed E-state index contributed by atoms with van der Waals surface area (Å²) in [5, 5.41) is 10.8. The molecule has 0 bridgehead atoms. The first-order chi connectivity index (χ1) is 10.5. The topological polar surface area (TPSA) is 102 Å². The van der Waals surface area contributed by atoms with Gasteiger partial charge in [-0.15, -0.1) is 0 Å². The van der Waals surface area contributed by atoms with Gasteiger partial charge >= 0.3 is 0 Å². The maximum Gasteiger partial charge on any atom is 0.288 e. The Bertz CT molecular complexity index is 688. The number of likely N-dealkylation sites (N-methyl/N-ethyl adjacent to an activating group) is 1. The lowest BCUT2D eigenvalue weighted by Crippen LogP contribution is -2.29. The van der Waals surface area contributed by atoms with Crippen LogP contribution in [0.15, 0.2) is 42.6 Å². The van der Waals surface area contributed by atoms with Crippen LogP contribution in [-0.2, 0) is 6.42 Å². The molecule has 0 aliphatic heterocycles. The van der Waals surface area contributed by atoms with E-state index in [1.165, 1.54) is 4.90 Å². The average Bonchev–Trinajstić information content (AvgIpc) is 2.53. The summed E-state index contributed by atoms with van der Waals surface area (Å²) in [6.07, 6.45) is 1.72. The zero-order valence-corrected chi connectivity index (χ0v) is 12.1. The number of benzene rings is 1. The first-order valence-corrected chi connectivity index (χ1v) is 6.68. The van der Waals surface area contributed by atoms with E-state index in [0.29, 0.717) is 13.0 Å². The Labute approximate surface area is 127 Å². The Kier molecular flexibility index (Phi) is 4.67. The second-order valence-corrected chi connectivity index (χ2v) is 4.85. The number of aromatic nitrogens is 1. The third-order valence-corrected chi connectivity index (χ3v) is 3.27. The molecule has 7 heteroatoms. The molecule has 0 atom stereocenters. The Morgan fingerprint density at radius 1 is 1.36 bits per heavy atom. The zero-order valence-electron chi connectivity index (χ0n) is 12.1. The monoisotopic (exact) mass is 300 g/mol. The summed E-state index contributed by atoms with van der Waals surface area (Å²) < 4.78 is 0. The van der Waals surface area contributed by atoms with E-state index < -0.39 is 4.92 Å². The number of rotatable bonds is 5. The molecule has 2 N–H and O–H groups in total. The summed E-state index contributed by atoms with van der Waals surface area (Å²) in [5.74, 6) is -0.396. The molecule has 0 saturated carbocycles. The molecule has 2 aromatic rings. The number of hydrogen-bond acceptors (Lipinski definition) is 5. The van der Waals surface area contributed by atoms with Gasteiger partial charge in [0, 0.05) is 19.7 Å². The van der Waals surface area contributed by atoms with E-state index >= 15 is 0 Å². The maximum absolute atomic E-state index is 12.3. The molecule has 114 valence electrons. The third-order valence-electron chi connectivity index (χ3n) is 3.27. The number of carbonyl (C=O) groups is 1. The molecule has 1 aromatic heterocycles. The number of anilines is 1. The number of nitrogens with two attached hydrogens (primary N) is 1. The van der Waals surface area contributed by atoms with Crippen LogP contribution in [0.2, 0.25) is 0 Å². The SMILES string of the molecule is CN(CCc1ccccc1)C(=O)c1cc([N+](=O)[O-])cnc1N. The Morgan fingerprint density at radius 2 is 2.05 bits per heavy atom. The van der Waals surface area contributed by atoms with Gasteiger partial charge in [0.25, 0.3) is 11.6 Å². The Hall–Kier alpha value is -2.96. The van der Waals surface area contributed by atoms with Crippen LogP contribution >= 0.6 is 0 Å². The van der Waals surface area contributed by atoms with Gasteiger partial charge in [0.1, 0.15) is 12.0 Å². The van der Waals surface area contributed by atoms with Crippen molar-refractivity contribution in [3.63, 3.8) is 0 Å². The Balaban J connectivity index is 2.10. The highest BCUT2D eigenvalue weighted by Crippen LogP contribution is 2.18. The molecule has 0 aliphatic rings. The predicted molar refractivity (Wildman–Crippen MR) is 82.4 cm³/mol. The summed E-state index contributed by atoms with van der Waals surface area (Å²) in [5.41, 5.74) is 6.55. The lowest BCUT2D eigenvalue weighted by molar-refractivity contribution is -0.385. The number of nitro groups is 1. The highest BCUT2D eigenvalue weighted by atomic mass is 16.6. The lowest BCUT2D eigenvalue weighted by Gasteiger charge is -2.17. The molecule has 0 spiro atoms. The van der Waals surface area contributed by atoms with E-state index in [-0.39, 0.29) is 23.0 Å². The summed E-state index contributed by atoms with van der Waals surface area (Å²) in [6.45, 7) is 0.477. The van der Waals surface area contributed by atoms with Gasteiger partial charge in [-0.25, -0.2) is 4.98 Å². The van der Waals surface area contributed by atoms with Crippen LogP contribution in [-0.4, -0.2) is 34.3 Å². The molecule has 2 rings (SSSR count). The van der Waals surface area contributed by atoms with Crippen LogP contribution in [0.3, 0.4) is 0 Å².